The van der Waals surface area contributed by atoms with Gasteiger partial charge in [0.25, 0.3) is 5.56 Å². The third-order valence-electron chi connectivity index (χ3n) is 3.43. The summed E-state index contributed by atoms with van der Waals surface area (Å²) in [5.41, 5.74) is 1.74. The third kappa shape index (κ3) is 3.25. The summed E-state index contributed by atoms with van der Waals surface area (Å²) in [6, 6.07) is 5.33. The van der Waals surface area contributed by atoms with Gasteiger partial charge in [0, 0.05) is 16.3 Å². The Morgan fingerprint density at radius 3 is 2.96 bits per heavy atom. The number of fused-ring (bicyclic) bond motifs is 1. The first-order chi connectivity index (χ1) is 10.9. The lowest BCUT2D eigenvalue weighted by molar-refractivity contribution is -0.116. The number of amides is 1. The van der Waals surface area contributed by atoms with Crippen LogP contribution in [0, 0.1) is 13.8 Å². The average Bonchev–Trinajstić information content (AvgIpc) is 2.89. The zero-order valence-electron chi connectivity index (χ0n) is 12.5. The molecule has 3 aromatic rings. The quantitative estimate of drug-likeness (QED) is 0.789. The lowest BCUT2D eigenvalue weighted by Crippen LogP contribution is -2.29. The van der Waals surface area contributed by atoms with E-state index >= 15 is 0 Å². The second kappa shape index (κ2) is 6.10. The van der Waals surface area contributed by atoms with E-state index < -0.39 is 0 Å². The van der Waals surface area contributed by atoms with Crippen molar-refractivity contribution in [2.45, 2.75) is 20.4 Å². The molecule has 1 N–H and O–H groups in total. The van der Waals surface area contributed by atoms with E-state index in [9.17, 15) is 9.59 Å². The molecule has 0 bridgehead atoms. The van der Waals surface area contributed by atoms with Crippen LogP contribution in [-0.2, 0) is 11.3 Å². The highest BCUT2D eigenvalue weighted by Crippen LogP contribution is 2.28. The summed E-state index contributed by atoms with van der Waals surface area (Å²) in [5.74, 6) is -0.331. The number of rotatable bonds is 3. The van der Waals surface area contributed by atoms with Gasteiger partial charge in [-0.25, -0.2) is 9.97 Å². The normalized spacial score (nSPS) is 10.9. The van der Waals surface area contributed by atoms with E-state index in [2.05, 4.69) is 15.3 Å². The van der Waals surface area contributed by atoms with Crippen LogP contribution in [0.2, 0.25) is 5.02 Å². The number of benzene rings is 1. The van der Waals surface area contributed by atoms with Crippen LogP contribution in [-0.4, -0.2) is 20.4 Å². The van der Waals surface area contributed by atoms with Crippen LogP contribution in [0.4, 0.5) is 5.13 Å². The Hall–Kier alpha value is -2.25. The molecule has 0 aliphatic carbocycles. The number of carbonyl (C=O) groups is 1. The fourth-order valence-corrected chi connectivity index (χ4v) is 3.21. The maximum atomic E-state index is 12.1. The Bertz CT molecular complexity index is 964. The second-order valence-electron chi connectivity index (χ2n) is 5.07. The van der Waals surface area contributed by atoms with Crippen LogP contribution >= 0.6 is 22.9 Å². The molecular formula is C15H13ClN4O2S. The molecule has 23 heavy (non-hydrogen) atoms. The lowest BCUT2D eigenvalue weighted by atomic mass is 10.3. The largest absolute Gasteiger partial charge is 0.300 e. The Labute approximate surface area is 140 Å². The van der Waals surface area contributed by atoms with Crippen molar-refractivity contribution in [2.75, 3.05) is 5.32 Å². The number of aryl methyl sites for hydroxylation is 1. The monoisotopic (exact) mass is 348 g/mol. The van der Waals surface area contributed by atoms with Gasteiger partial charge in [-0.3, -0.25) is 14.2 Å². The molecule has 0 radical (unpaired) electrons. The predicted molar refractivity (Wildman–Crippen MR) is 91.2 cm³/mol. The number of anilines is 1. The van der Waals surface area contributed by atoms with Crippen LogP contribution in [0.1, 0.15) is 11.3 Å². The number of nitrogens with one attached hydrogen (secondary N) is 1. The Kier molecular flexibility index (Phi) is 4.14. The molecule has 0 spiro atoms. The van der Waals surface area contributed by atoms with Crippen molar-refractivity contribution in [3.05, 3.63) is 51.2 Å². The highest BCUT2D eigenvalue weighted by Gasteiger charge is 2.11. The first-order valence-corrected chi connectivity index (χ1v) is 8.02. The molecule has 118 valence electrons. The summed E-state index contributed by atoms with van der Waals surface area (Å²) < 4.78 is 2.17. The van der Waals surface area contributed by atoms with Crippen molar-refractivity contribution in [1.82, 2.24) is 14.5 Å². The van der Waals surface area contributed by atoms with Crippen LogP contribution in [0.25, 0.3) is 10.2 Å². The fraction of sp³-hybridized carbons (Fsp3) is 0.200. The minimum atomic E-state index is -0.331. The number of aromatic nitrogens is 3. The molecule has 2 heterocycles. The van der Waals surface area contributed by atoms with Gasteiger partial charge in [-0.05, 0) is 32.0 Å². The molecule has 0 fully saturated rings. The Morgan fingerprint density at radius 1 is 1.39 bits per heavy atom. The molecule has 0 aliphatic rings. The van der Waals surface area contributed by atoms with Crippen molar-refractivity contribution < 1.29 is 4.79 Å². The van der Waals surface area contributed by atoms with Crippen LogP contribution in [0.3, 0.4) is 0 Å². The minimum Gasteiger partial charge on any atom is -0.300 e. The Morgan fingerprint density at radius 2 is 2.17 bits per heavy atom. The number of hydrogen-bond acceptors (Lipinski definition) is 5. The average molecular weight is 349 g/mol. The summed E-state index contributed by atoms with van der Waals surface area (Å²) in [7, 11) is 0. The zero-order valence-corrected chi connectivity index (χ0v) is 14.0. The van der Waals surface area contributed by atoms with Gasteiger partial charge >= 0.3 is 0 Å². The van der Waals surface area contributed by atoms with E-state index in [1.807, 2.05) is 0 Å². The minimum absolute atomic E-state index is 0.108. The number of halogens is 1. The van der Waals surface area contributed by atoms with Crippen LogP contribution < -0.4 is 10.9 Å². The second-order valence-corrected chi connectivity index (χ2v) is 6.53. The molecule has 0 atom stereocenters. The van der Waals surface area contributed by atoms with Gasteiger partial charge < -0.3 is 5.32 Å². The van der Waals surface area contributed by atoms with Crippen molar-refractivity contribution in [2.24, 2.45) is 0 Å². The molecule has 0 saturated carbocycles. The zero-order chi connectivity index (χ0) is 16.6. The SMILES string of the molecule is Cc1ncn(CC(=O)Nc2nc3ccc(Cl)cc3s2)c(=O)c1C. The Balaban J connectivity index is 1.78. The molecule has 1 aromatic carbocycles. The predicted octanol–water partition coefficient (Wildman–Crippen LogP) is 2.76. The van der Waals surface area contributed by atoms with E-state index in [0.717, 1.165) is 10.2 Å². The van der Waals surface area contributed by atoms with Crippen molar-refractivity contribution >= 4 is 44.2 Å². The van der Waals surface area contributed by atoms with Gasteiger partial charge in [0.2, 0.25) is 5.91 Å². The number of carbonyl (C=O) groups excluding carboxylic acids is 1. The van der Waals surface area contributed by atoms with Crippen molar-refractivity contribution in [3.8, 4) is 0 Å². The summed E-state index contributed by atoms with van der Waals surface area (Å²) in [6.07, 6.45) is 1.38. The first-order valence-electron chi connectivity index (χ1n) is 6.82. The van der Waals surface area contributed by atoms with E-state index in [4.69, 9.17) is 11.6 Å². The molecule has 3 rings (SSSR count). The number of thiazole rings is 1. The number of nitrogens with zero attached hydrogens (tertiary/aromatic N) is 3. The topological polar surface area (TPSA) is 76.9 Å². The van der Waals surface area contributed by atoms with Crippen molar-refractivity contribution in [1.29, 1.82) is 0 Å². The molecule has 1 amide bonds. The molecule has 6 nitrogen and oxygen atoms in total. The van der Waals surface area contributed by atoms with Crippen LogP contribution in [0.15, 0.2) is 29.3 Å². The third-order valence-corrected chi connectivity index (χ3v) is 4.59. The maximum absolute atomic E-state index is 12.1. The molecular weight excluding hydrogens is 336 g/mol. The van der Waals surface area contributed by atoms with Gasteiger partial charge in [-0.15, -0.1) is 0 Å². The smallest absolute Gasteiger partial charge is 0.256 e. The highest BCUT2D eigenvalue weighted by molar-refractivity contribution is 7.22. The number of hydrogen-bond donors (Lipinski definition) is 1. The molecule has 0 aliphatic heterocycles. The maximum Gasteiger partial charge on any atom is 0.256 e. The summed E-state index contributed by atoms with van der Waals surface area (Å²) in [4.78, 5) is 32.6. The standard InChI is InChI=1S/C15H13ClN4O2S/c1-8-9(2)17-7-20(14(8)22)6-13(21)19-15-18-11-4-3-10(16)5-12(11)23-15/h3-5,7H,6H2,1-2H3,(H,18,19,21). The van der Waals surface area contributed by atoms with E-state index in [-0.39, 0.29) is 18.0 Å². The van der Waals surface area contributed by atoms with Gasteiger partial charge in [0.1, 0.15) is 6.54 Å². The van der Waals surface area contributed by atoms with Gasteiger partial charge in [-0.2, -0.15) is 0 Å². The van der Waals surface area contributed by atoms with Crippen LogP contribution in [0.5, 0.6) is 0 Å². The summed E-state index contributed by atoms with van der Waals surface area (Å²) in [6.45, 7) is 3.34. The molecule has 0 saturated heterocycles. The molecule has 0 unspecified atom stereocenters. The van der Waals surface area contributed by atoms with Gasteiger partial charge in [0.15, 0.2) is 5.13 Å². The van der Waals surface area contributed by atoms with E-state index in [1.54, 1.807) is 32.0 Å². The van der Waals surface area contributed by atoms with Gasteiger partial charge in [0.05, 0.1) is 16.5 Å². The van der Waals surface area contributed by atoms with E-state index in [1.165, 1.54) is 22.2 Å². The van der Waals surface area contributed by atoms with Crippen molar-refractivity contribution in [3.63, 3.8) is 0 Å². The van der Waals surface area contributed by atoms with Gasteiger partial charge in [-0.1, -0.05) is 22.9 Å². The first kappa shape index (κ1) is 15.6. The summed E-state index contributed by atoms with van der Waals surface area (Å²) in [5, 5.41) is 3.79. The lowest BCUT2D eigenvalue weighted by Gasteiger charge is -2.07. The highest BCUT2D eigenvalue weighted by atomic mass is 35.5. The molecule has 2 aromatic heterocycles. The summed E-state index contributed by atoms with van der Waals surface area (Å²) >= 11 is 7.26. The fourth-order valence-electron chi connectivity index (χ4n) is 2.05. The molecule has 8 heteroatoms. The van der Waals surface area contributed by atoms with E-state index in [0.29, 0.717) is 21.4 Å².